The monoisotopic (exact) mass is 303 g/mol. The zero-order valence-electron chi connectivity index (χ0n) is 9.64. The van der Waals surface area contributed by atoms with E-state index in [-0.39, 0.29) is 16.7 Å². The Morgan fingerprint density at radius 1 is 1.61 bits per heavy atom. The number of Topliss-reactive ketones (excluding diaryl/α,β-unsaturated/α-hetero) is 1. The maximum atomic E-state index is 12.1. The van der Waals surface area contributed by atoms with E-state index in [0.717, 1.165) is 0 Å². The third-order valence-electron chi connectivity index (χ3n) is 2.31. The van der Waals surface area contributed by atoms with Gasteiger partial charge in [-0.3, -0.25) is 9.36 Å². The van der Waals surface area contributed by atoms with Crippen LogP contribution in [-0.4, -0.2) is 25.8 Å². The number of rotatable bonds is 4. The van der Waals surface area contributed by atoms with E-state index in [1.54, 1.807) is 26.1 Å². The predicted octanol–water partition coefficient (Wildman–Crippen LogP) is 2.19. The second-order valence-electron chi connectivity index (χ2n) is 3.60. The average Bonchev–Trinajstić information content (AvgIpc) is 2.89. The highest BCUT2D eigenvalue weighted by Crippen LogP contribution is 2.27. The number of hydrogen-bond donors (Lipinski definition) is 1. The Hall–Kier alpha value is -1.05. The van der Waals surface area contributed by atoms with Gasteiger partial charge in [-0.2, -0.15) is 0 Å². The number of aromatic amines is 1. The van der Waals surface area contributed by atoms with Crippen LogP contribution in [0.2, 0.25) is 4.34 Å². The molecule has 96 valence electrons. The van der Waals surface area contributed by atoms with Crippen LogP contribution in [0.3, 0.4) is 0 Å². The molecule has 2 aromatic heterocycles. The van der Waals surface area contributed by atoms with Crippen LogP contribution in [0.1, 0.15) is 16.6 Å². The van der Waals surface area contributed by atoms with Gasteiger partial charge in [-0.05, 0) is 19.1 Å². The minimum absolute atomic E-state index is 0.0210. The Kier molecular flexibility index (Phi) is 3.94. The first-order valence-electron chi connectivity index (χ1n) is 5.06. The first-order valence-corrected chi connectivity index (χ1v) is 7.14. The van der Waals surface area contributed by atoms with E-state index in [9.17, 15) is 9.59 Å². The van der Waals surface area contributed by atoms with Crippen molar-refractivity contribution >= 4 is 40.5 Å². The number of nitrogens with one attached hydrogen (secondary N) is 1. The molecule has 18 heavy (non-hydrogen) atoms. The topological polar surface area (TPSA) is 67.8 Å². The van der Waals surface area contributed by atoms with E-state index < -0.39 is 0 Å². The number of thiophene rings is 1. The molecule has 0 aromatic carbocycles. The Bertz CT molecular complexity index is 631. The van der Waals surface area contributed by atoms with Gasteiger partial charge < -0.3 is 0 Å². The lowest BCUT2D eigenvalue weighted by Crippen LogP contribution is -2.16. The van der Waals surface area contributed by atoms with Gasteiger partial charge >= 0.3 is 5.69 Å². The summed E-state index contributed by atoms with van der Waals surface area (Å²) >= 11 is 8.28. The summed E-state index contributed by atoms with van der Waals surface area (Å²) in [6, 6.07) is 3.40. The Morgan fingerprint density at radius 3 is 2.83 bits per heavy atom. The summed E-state index contributed by atoms with van der Waals surface area (Å²) in [5.41, 5.74) is -0.295. The highest BCUT2D eigenvalue weighted by molar-refractivity contribution is 8.00. The van der Waals surface area contributed by atoms with Crippen LogP contribution in [0.15, 0.2) is 22.1 Å². The van der Waals surface area contributed by atoms with Crippen molar-refractivity contribution in [3.05, 3.63) is 31.8 Å². The largest absolute Gasteiger partial charge is 0.343 e. The third-order valence-corrected chi connectivity index (χ3v) is 4.70. The minimum atomic E-state index is -0.325. The van der Waals surface area contributed by atoms with E-state index >= 15 is 0 Å². The molecular weight excluding hydrogens is 294 g/mol. The van der Waals surface area contributed by atoms with Gasteiger partial charge in [0.2, 0.25) is 0 Å². The molecule has 2 rings (SSSR count). The molecule has 0 aliphatic heterocycles. The molecule has 0 amide bonds. The molecule has 2 heterocycles. The van der Waals surface area contributed by atoms with Crippen molar-refractivity contribution in [1.82, 2.24) is 14.8 Å². The highest BCUT2D eigenvalue weighted by Gasteiger charge is 2.20. The lowest BCUT2D eigenvalue weighted by molar-refractivity contribution is 0.0997. The molecule has 0 spiro atoms. The average molecular weight is 304 g/mol. The molecule has 8 heteroatoms. The summed E-state index contributed by atoms with van der Waals surface area (Å²) in [6.07, 6.45) is 0. The number of aromatic nitrogens is 3. The molecular formula is C10H10ClN3O2S2. The SMILES string of the molecule is CC(Sc1n[nH]c(=O)n1C)C(=O)c1ccc(Cl)s1. The van der Waals surface area contributed by atoms with Crippen LogP contribution in [-0.2, 0) is 7.05 Å². The Balaban J connectivity index is 2.13. The number of carbonyl (C=O) groups excluding carboxylic acids is 1. The molecule has 0 radical (unpaired) electrons. The van der Waals surface area contributed by atoms with E-state index in [1.807, 2.05) is 0 Å². The first kappa shape index (κ1) is 13.4. The van der Waals surface area contributed by atoms with Crippen molar-refractivity contribution in [2.45, 2.75) is 17.3 Å². The number of carbonyl (C=O) groups is 1. The Labute approximate surface area is 116 Å². The molecule has 0 aliphatic carbocycles. The summed E-state index contributed by atoms with van der Waals surface area (Å²) in [5.74, 6) is -0.0210. The molecule has 0 saturated carbocycles. The van der Waals surface area contributed by atoms with Crippen molar-refractivity contribution in [3.63, 3.8) is 0 Å². The van der Waals surface area contributed by atoms with Crippen LogP contribution in [0.4, 0.5) is 0 Å². The molecule has 1 N–H and O–H groups in total. The van der Waals surface area contributed by atoms with Crippen LogP contribution in [0, 0.1) is 0 Å². The molecule has 0 fully saturated rings. The number of ketones is 1. The van der Waals surface area contributed by atoms with Crippen molar-refractivity contribution in [2.24, 2.45) is 7.05 Å². The standard InChI is InChI=1S/C10H10ClN3O2S2/c1-5(8(15)6-3-4-7(11)18-6)17-10-13-12-9(16)14(10)2/h3-5H,1-2H3,(H,12,16). The fourth-order valence-corrected chi connectivity index (χ4v) is 3.33. The minimum Gasteiger partial charge on any atom is -0.292 e. The van der Waals surface area contributed by atoms with Gasteiger partial charge in [-0.15, -0.1) is 16.4 Å². The quantitative estimate of drug-likeness (QED) is 0.694. The molecule has 2 aromatic rings. The molecule has 5 nitrogen and oxygen atoms in total. The van der Waals surface area contributed by atoms with Crippen LogP contribution >= 0.6 is 34.7 Å². The van der Waals surface area contributed by atoms with E-state index in [2.05, 4.69) is 10.2 Å². The smallest absolute Gasteiger partial charge is 0.292 e. The van der Waals surface area contributed by atoms with Gasteiger partial charge in [0.15, 0.2) is 10.9 Å². The van der Waals surface area contributed by atoms with Gasteiger partial charge in [0, 0.05) is 7.05 Å². The lowest BCUT2D eigenvalue weighted by atomic mass is 10.2. The number of nitrogens with zero attached hydrogens (tertiary/aromatic N) is 2. The highest BCUT2D eigenvalue weighted by atomic mass is 35.5. The lowest BCUT2D eigenvalue weighted by Gasteiger charge is -2.07. The maximum Gasteiger partial charge on any atom is 0.343 e. The van der Waals surface area contributed by atoms with Crippen LogP contribution in [0.25, 0.3) is 0 Å². The number of H-pyrrole nitrogens is 1. The maximum absolute atomic E-state index is 12.1. The number of hydrogen-bond acceptors (Lipinski definition) is 5. The Morgan fingerprint density at radius 2 is 2.33 bits per heavy atom. The third kappa shape index (κ3) is 2.68. The molecule has 0 aliphatic rings. The van der Waals surface area contributed by atoms with Crippen molar-refractivity contribution in [3.8, 4) is 0 Å². The summed E-state index contributed by atoms with van der Waals surface area (Å²) in [7, 11) is 1.60. The summed E-state index contributed by atoms with van der Waals surface area (Å²) < 4.78 is 1.96. The van der Waals surface area contributed by atoms with Crippen LogP contribution < -0.4 is 5.69 Å². The zero-order valence-corrected chi connectivity index (χ0v) is 12.0. The van der Waals surface area contributed by atoms with Crippen molar-refractivity contribution in [2.75, 3.05) is 0 Å². The van der Waals surface area contributed by atoms with Gasteiger partial charge in [0.25, 0.3) is 0 Å². The fraction of sp³-hybridized carbons (Fsp3) is 0.300. The first-order chi connectivity index (χ1) is 8.49. The number of thioether (sulfide) groups is 1. The predicted molar refractivity (Wildman–Crippen MR) is 72.8 cm³/mol. The van der Waals surface area contributed by atoms with Gasteiger partial charge in [-0.1, -0.05) is 23.4 Å². The fourth-order valence-electron chi connectivity index (χ4n) is 1.30. The molecule has 0 saturated heterocycles. The second-order valence-corrected chi connectivity index (χ2v) is 6.62. The van der Waals surface area contributed by atoms with Crippen molar-refractivity contribution < 1.29 is 4.79 Å². The number of halogens is 1. The molecule has 0 bridgehead atoms. The van der Waals surface area contributed by atoms with Gasteiger partial charge in [0.1, 0.15) is 0 Å². The van der Waals surface area contributed by atoms with Gasteiger partial charge in [0.05, 0.1) is 14.5 Å². The summed E-state index contributed by atoms with van der Waals surface area (Å²) in [4.78, 5) is 23.9. The van der Waals surface area contributed by atoms with E-state index in [4.69, 9.17) is 11.6 Å². The normalized spacial score (nSPS) is 12.6. The zero-order chi connectivity index (χ0) is 13.3. The summed E-state index contributed by atoms with van der Waals surface area (Å²) in [6.45, 7) is 1.78. The van der Waals surface area contributed by atoms with Crippen LogP contribution in [0.5, 0.6) is 0 Å². The molecule has 1 atom stereocenters. The van der Waals surface area contributed by atoms with E-state index in [1.165, 1.54) is 27.7 Å². The second kappa shape index (κ2) is 5.29. The van der Waals surface area contributed by atoms with Crippen molar-refractivity contribution in [1.29, 1.82) is 0 Å². The van der Waals surface area contributed by atoms with E-state index in [0.29, 0.717) is 14.4 Å². The summed E-state index contributed by atoms with van der Waals surface area (Å²) in [5, 5.41) is 6.35. The molecule has 1 unspecified atom stereocenters. The van der Waals surface area contributed by atoms with Gasteiger partial charge in [-0.25, -0.2) is 9.89 Å².